The SMILES string of the molecule is N#CCC(C1CCCC1)n1cc(-c2nc(Nc3ccc(C4CCN(CCCCCCNc5cccc6c5C(=O)N(C5CCC(=O)NC5=O)C6=O)CC4)cc3)nc3[nH]ccc23)cn1. The first kappa shape index (κ1) is 41.0. The molecule has 1 aliphatic carbocycles. The summed E-state index contributed by atoms with van der Waals surface area (Å²) < 4.78 is 1.98. The summed E-state index contributed by atoms with van der Waals surface area (Å²) in [7, 11) is 0. The van der Waals surface area contributed by atoms with Crippen molar-refractivity contribution in [1.29, 1.82) is 5.26 Å². The molecular formula is C47H53N11O4. The summed E-state index contributed by atoms with van der Waals surface area (Å²) in [6.07, 6.45) is 17.6. The van der Waals surface area contributed by atoms with E-state index in [9.17, 15) is 24.4 Å². The first-order chi connectivity index (χ1) is 30.3. The van der Waals surface area contributed by atoms with Crippen LogP contribution in [0.15, 0.2) is 67.1 Å². The van der Waals surface area contributed by atoms with Crippen molar-refractivity contribution in [2.24, 2.45) is 5.92 Å². The molecule has 320 valence electrons. The van der Waals surface area contributed by atoms with E-state index in [0.717, 1.165) is 104 Å². The van der Waals surface area contributed by atoms with Crippen LogP contribution in [0.1, 0.15) is 122 Å². The van der Waals surface area contributed by atoms with Crippen molar-refractivity contribution in [1.82, 2.24) is 39.8 Å². The highest BCUT2D eigenvalue weighted by atomic mass is 16.2. The molecule has 2 unspecified atom stereocenters. The number of hydrogen-bond acceptors (Lipinski definition) is 11. The van der Waals surface area contributed by atoms with Crippen LogP contribution in [0.3, 0.4) is 0 Å². The van der Waals surface area contributed by atoms with Crippen molar-refractivity contribution >= 4 is 52.0 Å². The smallest absolute Gasteiger partial charge is 0.264 e. The second kappa shape index (κ2) is 18.3. The second-order valence-corrected chi connectivity index (χ2v) is 17.2. The number of fused-ring (bicyclic) bond motifs is 2. The maximum atomic E-state index is 13.4. The van der Waals surface area contributed by atoms with Gasteiger partial charge in [0.1, 0.15) is 11.7 Å². The highest BCUT2D eigenvalue weighted by Crippen LogP contribution is 2.38. The standard InChI is InChI=1S/C47H53N11O4/c48-22-18-38(32-8-3-4-9-32)57-29-33(28-51-57)42-36-19-24-50-43(36)55-47(54-42)52-34-14-12-30(13-15-34)31-20-26-56(27-21-31)25-6-2-1-5-23-49-37-11-7-10-35-41(37)46(62)58(45(35)61)39-16-17-40(59)53-44(39)60/h7,10-15,19,24,28-29,31-32,38-39,49H,1-6,8-9,16-18,20-21,23,25-27H2,(H,53,59,60)(H2,50,52,54,55). The summed E-state index contributed by atoms with van der Waals surface area (Å²) in [5.41, 5.74) is 5.93. The highest BCUT2D eigenvalue weighted by Gasteiger charge is 2.45. The number of carbonyl (C=O) groups excluding carboxylic acids is 4. The van der Waals surface area contributed by atoms with E-state index in [4.69, 9.17) is 15.1 Å². The number of piperidine rings is 2. The van der Waals surface area contributed by atoms with Crippen LogP contribution in [0, 0.1) is 17.2 Å². The molecule has 0 radical (unpaired) electrons. The van der Waals surface area contributed by atoms with Crippen molar-refractivity contribution in [3.05, 3.63) is 83.8 Å². The molecule has 4 amide bonds. The number of imide groups is 2. The predicted molar refractivity (Wildman–Crippen MR) is 235 cm³/mol. The minimum absolute atomic E-state index is 0.0779. The van der Waals surface area contributed by atoms with Gasteiger partial charge in [0.25, 0.3) is 11.8 Å². The summed E-state index contributed by atoms with van der Waals surface area (Å²) in [6.45, 7) is 3.91. The van der Waals surface area contributed by atoms with Gasteiger partial charge in [-0.3, -0.25) is 34.1 Å². The molecular weight excluding hydrogens is 783 g/mol. The van der Waals surface area contributed by atoms with Crippen LogP contribution in [0.25, 0.3) is 22.3 Å². The van der Waals surface area contributed by atoms with E-state index >= 15 is 0 Å². The number of nitrogens with zero attached hydrogens (tertiary/aromatic N) is 7. The molecule has 3 aromatic heterocycles. The molecule has 3 fully saturated rings. The Morgan fingerprint density at radius 1 is 0.887 bits per heavy atom. The molecule has 0 bridgehead atoms. The number of aromatic nitrogens is 5. The fraction of sp³-hybridized carbons (Fsp3) is 0.447. The Hall–Kier alpha value is -6.40. The van der Waals surface area contributed by atoms with E-state index < -0.39 is 23.8 Å². The van der Waals surface area contributed by atoms with Gasteiger partial charge in [-0.1, -0.05) is 43.9 Å². The number of unbranched alkanes of at least 4 members (excludes halogenated alkanes) is 3. The second-order valence-electron chi connectivity index (χ2n) is 17.2. The minimum Gasteiger partial charge on any atom is -0.384 e. The summed E-state index contributed by atoms with van der Waals surface area (Å²) in [6, 6.07) is 17.3. The molecule has 15 heteroatoms. The Morgan fingerprint density at radius 2 is 1.69 bits per heavy atom. The number of nitrogens with one attached hydrogen (secondary N) is 4. The predicted octanol–water partition coefficient (Wildman–Crippen LogP) is 7.46. The molecule has 2 saturated heterocycles. The lowest BCUT2D eigenvalue weighted by molar-refractivity contribution is -0.136. The molecule has 2 atom stereocenters. The van der Waals surface area contributed by atoms with E-state index in [1.807, 2.05) is 29.3 Å². The first-order valence-electron chi connectivity index (χ1n) is 22.3. The van der Waals surface area contributed by atoms with E-state index in [0.29, 0.717) is 42.0 Å². The largest absolute Gasteiger partial charge is 0.384 e. The van der Waals surface area contributed by atoms with Crippen LogP contribution in [-0.2, 0) is 9.59 Å². The number of hydrogen-bond donors (Lipinski definition) is 4. The van der Waals surface area contributed by atoms with Gasteiger partial charge in [0.05, 0.1) is 41.5 Å². The quantitative estimate of drug-likeness (QED) is 0.0569. The molecule has 6 heterocycles. The molecule has 4 N–H and O–H groups in total. The first-order valence-corrected chi connectivity index (χ1v) is 22.3. The fourth-order valence-corrected chi connectivity index (χ4v) is 9.93. The number of nitriles is 1. The number of H-pyrrole nitrogens is 1. The molecule has 5 aromatic rings. The Balaban J connectivity index is 0.714. The van der Waals surface area contributed by atoms with Gasteiger partial charge in [0, 0.05) is 47.7 Å². The van der Waals surface area contributed by atoms with E-state index in [1.165, 1.54) is 18.4 Å². The van der Waals surface area contributed by atoms with Crippen LogP contribution < -0.4 is 16.0 Å². The summed E-state index contributed by atoms with van der Waals surface area (Å²) in [5, 5.41) is 24.2. The van der Waals surface area contributed by atoms with Gasteiger partial charge in [-0.2, -0.15) is 15.3 Å². The lowest BCUT2D eigenvalue weighted by atomic mass is 9.89. The van der Waals surface area contributed by atoms with Gasteiger partial charge >= 0.3 is 0 Å². The number of likely N-dealkylation sites (tertiary alicyclic amines) is 1. The number of rotatable bonds is 16. The van der Waals surface area contributed by atoms with Crippen molar-refractivity contribution in [3.8, 4) is 17.3 Å². The third kappa shape index (κ3) is 8.56. The van der Waals surface area contributed by atoms with Gasteiger partial charge in [0.2, 0.25) is 17.8 Å². The summed E-state index contributed by atoms with van der Waals surface area (Å²) in [4.78, 5) is 67.1. The van der Waals surface area contributed by atoms with E-state index in [1.54, 1.807) is 18.2 Å². The number of carbonyl (C=O) groups is 4. The monoisotopic (exact) mass is 835 g/mol. The minimum atomic E-state index is -0.974. The molecule has 15 nitrogen and oxygen atoms in total. The van der Waals surface area contributed by atoms with Crippen LogP contribution >= 0.6 is 0 Å². The average molecular weight is 836 g/mol. The third-order valence-corrected chi connectivity index (χ3v) is 13.3. The topological polar surface area (TPSA) is 194 Å². The Bertz CT molecular complexity index is 2490. The normalized spacial score (nSPS) is 19.2. The molecule has 3 aliphatic heterocycles. The molecule has 1 saturated carbocycles. The fourth-order valence-electron chi connectivity index (χ4n) is 9.93. The Kier molecular flexibility index (Phi) is 12.1. The zero-order valence-electron chi connectivity index (χ0n) is 34.9. The van der Waals surface area contributed by atoms with Gasteiger partial charge < -0.3 is 20.5 Å². The maximum Gasteiger partial charge on any atom is 0.264 e. The number of amides is 4. The molecule has 2 aromatic carbocycles. The third-order valence-electron chi connectivity index (χ3n) is 13.3. The molecule has 9 rings (SSSR count). The molecule has 4 aliphatic rings. The zero-order chi connectivity index (χ0) is 42.6. The van der Waals surface area contributed by atoms with Crippen molar-refractivity contribution in [2.45, 2.75) is 101 Å². The van der Waals surface area contributed by atoms with Crippen LogP contribution in [0.2, 0.25) is 0 Å². The Labute approximate surface area is 360 Å². The van der Waals surface area contributed by atoms with Crippen LogP contribution in [0.5, 0.6) is 0 Å². The van der Waals surface area contributed by atoms with Gasteiger partial charge in [-0.05, 0) is 112 Å². The Morgan fingerprint density at radius 3 is 2.48 bits per heavy atom. The van der Waals surface area contributed by atoms with Crippen LogP contribution in [-0.4, -0.2) is 90.4 Å². The number of benzene rings is 2. The average Bonchev–Trinajstić information content (AvgIpc) is 4.12. The maximum absolute atomic E-state index is 13.4. The van der Waals surface area contributed by atoms with Crippen LogP contribution in [0.4, 0.5) is 17.3 Å². The lowest BCUT2D eigenvalue weighted by Crippen LogP contribution is -2.54. The summed E-state index contributed by atoms with van der Waals surface area (Å²) >= 11 is 0. The van der Waals surface area contributed by atoms with E-state index in [2.05, 4.69) is 56.2 Å². The van der Waals surface area contributed by atoms with Crippen molar-refractivity contribution < 1.29 is 19.2 Å². The summed E-state index contributed by atoms with van der Waals surface area (Å²) in [5.74, 6) is -0.468. The van der Waals surface area contributed by atoms with Gasteiger partial charge in [0.15, 0.2) is 0 Å². The number of anilines is 3. The van der Waals surface area contributed by atoms with Gasteiger partial charge in [-0.15, -0.1) is 0 Å². The van der Waals surface area contributed by atoms with Crippen molar-refractivity contribution in [3.63, 3.8) is 0 Å². The van der Waals surface area contributed by atoms with E-state index in [-0.39, 0.29) is 30.4 Å². The number of aromatic amines is 1. The highest BCUT2D eigenvalue weighted by molar-refractivity contribution is 6.25. The molecule has 62 heavy (non-hydrogen) atoms. The lowest BCUT2D eigenvalue weighted by Gasteiger charge is -2.32. The van der Waals surface area contributed by atoms with Crippen molar-refractivity contribution in [2.75, 3.05) is 36.8 Å². The molecule has 0 spiro atoms. The van der Waals surface area contributed by atoms with Gasteiger partial charge in [-0.25, -0.2) is 4.98 Å². The zero-order valence-corrected chi connectivity index (χ0v) is 34.9.